The quantitative estimate of drug-likeness (QED) is 0.750. The Kier molecular flexibility index (Phi) is 2.73. The molecule has 3 rings (SSSR count). The lowest BCUT2D eigenvalue weighted by Crippen LogP contribution is -2.35. The molecule has 92 valence electrons. The normalized spacial score (nSPS) is 28.2. The summed E-state index contributed by atoms with van der Waals surface area (Å²) in [6.07, 6.45) is 7.06. The predicted molar refractivity (Wildman–Crippen MR) is 73.3 cm³/mol. The summed E-state index contributed by atoms with van der Waals surface area (Å²) in [5.74, 6) is 0.945. The predicted octanol–water partition coefficient (Wildman–Crippen LogP) is 3.35. The highest BCUT2D eigenvalue weighted by Gasteiger charge is 2.35. The Balaban J connectivity index is 1.88. The lowest BCUT2D eigenvalue weighted by Gasteiger charge is -2.34. The van der Waals surface area contributed by atoms with Gasteiger partial charge in [-0.3, -0.25) is 0 Å². The largest absolute Gasteiger partial charge is 0.399 e. The highest BCUT2D eigenvalue weighted by Crippen LogP contribution is 2.39. The highest BCUT2D eigenvalue weighted by molar-refractivity contribution is 5.60. The smallest absolute Gasteiger partial charge is 0.0400 e. The van der Waals surface area contributed by atoms with E-state index in [2.05, 4.69) is 24.0 Å². The van der Waals surface area contributed by atoms with Crippen LogP contribution >= 0.6 is 0 Å². The summed E-state index contributed by atoms with van der Waals surface area (Å²) in [4.78, 5) is 2.64. The Hall–Kier alpha value is -1.18. The van der Waals surface area contributed by atoms with Crippen LogP contribution in [0, 0.1) is 12.8 Å². The van der Waals surface area contributed by atoms with Crippen molar-refractivity contribution in [2.45, 2.75) is 45.1 Å². The van der Waals surface area contributed by atoms with E-state index in [-0.39, 0.29) is 0 Å². The summed E-state index contributed by atoms with van der Waals surface area (Å²) in [6, 6.07) is 7.15. The van der Waals surface area contributed by atoms with Gasteiger partial charge in [0.1, 0.15) is 0 Å². The maximum Gasteiger partial charge on any atom is 0.0400 e. The minimum Gasteiger partial charge on any atom is -0.399 e. The average Bonchev–Trinajstić information content (AvgIpc) is 2.73. The van der Waals surface area contributed by atoms with Crippen molar-refractivity contribution in [3.8, 4) is 0 Å². The fourth-order valence-electron chi connectivity index (χ4n) is 3.71. The van der Waals surface area contributed by atoms with Gasteiger partial charge in [-0.25, -0.2) is 0 Å². The van der Waals surface area contributed by atoms with Crippen molar-refractivity contribution in [3.63, 3.8) is 0 Å². The monoisotopic (exact) mass is 230 g/mol. The number of nitrogens with zero attached hydrogens (tertiary/aromatic N) is 1. The van der Waals surface area contributed by atoms with Crippen molar-refractivity contribution >= 4 is 11.4 Å². The second kappa shape index (κ2) is 4.25. The topological polar surface area (TPSA) is 29.3 Å². The number of benzene rings is 1. The third-order valence-electron chi connectivity index (χ3n) is 4.54. The van der Waals surface area contributed by atoms with E-state index >= 15 is 0 Å². The molecule has 1 saturated carbocycles. The molecular formula is C15H22N2. The van der Waals surface area contributed by atoms with E-state index in [1.807, 2.05) is 6.07 Å². The van der Waals surface area contributed by atoms with Crippen LogP contribution in [-0.4, -0.2) is 12.6 Å². The number of nitrogen functional groups attached to an aromatic ring is 1. The first-order chi connectivity index (χ1) is 8.25. The van der Waals surface area contributed by atoms with Gasteiger partial charge >= 0.3 is 0 Å². The molecule has 0 radical (unpaired) electrons. The maximum atomic E-state index is 5.84. The van der Waals surface area contributed by atoms with E-state index in [4.69, 9.17) is 5.73 Å². The van der Waals surface area contributed by atoms with Crippen LogP contribution in [0.1, 0.15) is 37.7 Å². The van der Waals surface area contributed by atoms with E-state index in [9.17, 15) is 0 Å². The third kappa shape index (κ3) is 1.90. The number of rotatable bonds is 1. The van der Waals surface area contributed by atoms with Gasteiger partial charge in [-0.2, -0.15) is 0 Å². The molecule has 2 nitrogen and oxygen atoms in total. The minimum absolute atomic E-state index is 0.797. The van der Waals surface area contributed by atoms with Gasteiger partial charge in [0, 0.05) is 24.0 Å². The van der Waals surface area contributed by atoms with E-state index in [1.165, 1.54) is 49.9 Å². The molecule has 2 unspecified atom stereocenters. The number of anilines is 2. The van der Waals surface area contributed by atoms with E-state index < -0.39 is 0 Å². The van der Waals surface area contributed by atoms with Gasteiger partial charge in [-0.1, -0.05) is 12.8 Å². The summed E-state index contributed by atoms with van der Waals surface area (Å²) in [6.45, 7) is 3.42. The Bertz CT molecular complexity index is 413. The molecule has 1 aliphatic carbocycles. The molecule has 2 heteroatoms. The molecule has 2 fully saturated rings. The van der Waals surface area contributed by atoms with Crippen LogP contribution in [0.15, 0.2) is 18.2 Å². The Labute approximate surface area is 104 Å². The molecule has 2 atom stereocenters. The van der Waals surface area contributed by atoms with Crippen molar-refractivity contribution < 1.29 is 0 Å². The molecule has 1 aliphatic heterocycles. The van der Waals surface area contributed by atoms with Crippen molar-refractivity contribution in [1.29, 1.82) is 0 Å². The molecule has 1 saturated heterocycles. The molecular weight excluding hydrogens is 208 g/mol. The van der Waals surface area contributed by atoms with E-state index in [1.54, 1.807) is 0 Å². The summed E-state index contributed by atoms with van der Waals surface area (Å²) in [5.41, 5.74) is 9.46. The first-order valence-corrected chi connectivity index (χ1v) is 6.88. The van der Waals surface area contributed by atoms with Crippen LogP contribution in [0.25, 0.3) is 0 Å². The molecule has 0 bridgehead atoms. The second-order valence-corrected chi connectivity index (χ2v) is 5.64. The third-order valence-corrected chi connectivity index (χ3v) is 4.54. The standard InChI is InChI=1S/C15H22N2/c1-11-10-13(16)6-7-14(11)17-9-8-12-4-2-3-5-15(12)17/h6-7,10,12,15H,2-5,8-9,16H2,1H3. The van der Waals surface area contributed by atoms with Crippen molar-refractivity contribution in [2.24, 2.45) is 5.92 Å². The number of aryl methyl sites for hydroxylation is 1. The Morgan fingerprint density at radius 1 is 1.18 bits per heavy atom. The summed E-state index contributed by atoms with van der Waals surface area (Å²) >= 11 is 0. The fourth-order valence-corrected chi connectivity index (χ4v) is 3.71. The van der Waals surface area contributed by atoms with E-state index in [0.717, 1.165) is 17.6 Å². The van der Waals surface area contributed by atoms with Crippen LogP contribution in [0.2, 0.25) is 0 Å². The first kappa shape index (κ1) is 10.9. The lowest BCUT2D eigenvalue weighted by molar-refractivity contribution is 0.342. The zero-order valence-electron chi connectivity index (χ0n) is 10.7. The molecule has 1 heterocycles. The summed E-state index contributed by atoms with van der Waals surface area (Å²) in [7, 11) is 0. The van der Waals surface area contributed by atoms with Gasteiger partial charge in [0.15, 0.2) is 0 Å². The summed E-state index contributed by atoms with van der Waals surface area (Å²) in [5, 5.41) is 0. The minimum atomic E-state index is 0.797. The second-order valence-electron chi connectivity index (χ2n) is 5.64. The fraction of sp³-hybridized carbons (Fsp3) is 0.600. The van der Waals surface area contributed by atoms with Crippen LogP contribution in [0.3, 0.4) is 0 Å². The van der Waals surface area contributed by atoms with Crippen LogP contribution in [0.4, 0.5) is 11.4 Å². The zero-order valence-corrected chi connectivity index (χ0v) is 10.7. The molecule has 17 heavy (non-hydrogen) atoms. The average molecular weight is 230 g/mol. The molecule has 0 amide bonds. The highest BCUT2D eigenvalue weighted by atomic mass is 15.2. The zero-order chi connectivity index (χ0) is 11.8. The van der Waals surface area contributed by atoms with Crippen molar-refractivity contribution in [2.75, 3.05) is 17.2 Å². The molecule has 0 spiro atoms. The molecule has 1 aromatic rings. The van der Waals surface area contributed by atoms with E-state index in [0.29, 0.717) is 0 Å². The molecule has 2 aliphatic rings. The van der Waals surface area contributed by atoms with Crippen LogP contribution in [-0.2, 0) is 0 Å². The number of nitrogens with two attached hydrogens (primary N) is 1. The van der Waals surface area contributed by atoms with Gasteiger partial charge in [0.2, 0.25) is 0 Å². The van der Waals surface area contributed by atoms with Gasteiger partial charge in [-0.15, -0.1) is 0 Å². The van der Waals surface area contributed by atoms with Gasteiger partial charge in [0.25, 0.3) is 0 Å². The lowest BCUT2D eigenvalue weighted by atomic mass is 9.85. The first-order valence-electron chi connectivity index (χ1n) is 6.88. The summed E-state index contributed by atoms with van der Waals surface area (Å²) < 4.78 is 0. The van der Waals surface area contributed by atoms with Gasteiger partial charge in [0.05, 0.1) is 0 Å². The van der Waals surface area contributed by atoms with Crippen LogP contribution in [0.5, 0.6) is 0 Å². The molecule has 0 aromatic heterocycles. The molecule has 2 N–H and O–H groups in total. The SMILES string of the molecule is Cc1cc(N)ccc1N1CCC2CCCCC21. The van der Waals surface area contributed by atoms with Crippen molar-refractivity contribution in [3.05, 3.63) is 23.8 Å². The molecule has 1 aromatic carbocycles. The van der Waals surface area contributed by atoms with Gasteiger partial charge in [-0.05, 0) is 55.9 Å². The number of fused-ring (bicyclic) bond motifs is 1. The van der Waals surface area contributed by atoms with Gasteiger partial charge < -0.3 is 10.6 Å². The van der Waals surface area contributed by atoms with Crippen LogP contribution < -0.4 is 10.6 Å². The number of hydrogen-bond acceptors (Lipinski definition) is 2. The van der Waals surface area contributed by atoms with Crippen molar-refractivity contribution in [1.82, 2.24) is 0 Å². The maximum absolute atomic E-state index is 5.84. The number of hydrogen-bond donors (Lipinski definition) is 1. The Morgan fingerprint density at radius 3 is 2.82 bits per heavy atom. The Morgan fingerprint density at radius 2 is 2.00 bits per heavy atom.